The van der Waals surface area contributed by atoms with Crippen LogP contribution in [0.25, 0.3) is 6.08 Å². The number of hydrogen-bond acceptors (Lipinski definition) is 4. The standard InChI is InChI=1S/C27H25ClN2O4/c1-3-33-25-15-20(12-13-24(25)34-17-21-6-4-5-7-22(21)28)14-23-26(31)30(27(32)29-23)16-19-10-8-18(2)9-11-19/h4-15H,3,16-17H2,1-2H3,(H,29,32)/b23-14+. The Hall–Kier alpha value is -3.77. The van der Waals surface area contributed by atoms with E-state index in [9.17, 15) is 9.59 Å². The van der Waals surface area contributed by atoms with E-state index < -0.39 is 6.03 Å². The maximum Gasteiger partial charge on any atom is 0.329 e. The molecule has 34 heavy (non-hydrogen) atoms. The first-order valence-corrected chi connectivity index (χ1v) is 11.4. The largest absolute Gasteiger partial charge is 0.490 e. The first-order chi connectivity index (χ1) is 16.4. The highest BCUT2D eigenvalue weighted by Crippen LogP contribution is 2.31. The molecule has 0 atom stereocenters. The number of aryl methyl sites for hydroxylation is 1. The van der Waals surface area contributed by atoms with Gasteiger partial charge in [-0.15, -0.1) is 0 Å². The van der Waals surface area contributed by atoms with Crippen molar-refractivity contribution in [3.8, 4) is 11.5 Å². The minimum Gasteiger partial charge on any atom is -0.490 e. The molecule has 1 N–H and O–H groups in total. The summed E-state index contributed by atoms with van der Waals surface area (Å²) in [6.45, 7) is 4.82. The Morgan fingerprint density at radius 2 is 1.74 bits per heavy atom. The van der Waals surface area contributed by atoms with Crippen LogP contribution >= 0.6 is 11.6 Å². The fourth-order valence-corrected chi connectivity index (χ4v) is 3.72. The number of imide groups is 1. The molecule has 0 spiro atoms. The van der Waals surface area contributed by atoms with E-state index >= 15 is 0 Å². The molecule has 7 heteroatoms. The van der Waals surface area contributed by atoms with Crippen molar-refractivity contribution >= 4 is 29.6 Å². The molecule has 4 rings (SSSR count). The zero-order valence-electron chi connectivity index (χ0n) is 19.0. The van der Waals surface area contributed by atoms with E-state index in [2.05, 4.69) is 5.32 Å². The van der Waals surface area contributed by atoms with Crippen molar-refractivity contribution in [3.63, 3.8) is 0 Å². The Balaban J connectivity index is 1.51. The number of nitrogens with one attached hydrogen (secondary N) is 1. The summed E-state index contributed by atoms with van der Waals surface area (Å²) < 4.78 is 11.7. The van der Waals surface area contributed by atoms with Crippen molar-refractivity contribution in [1.82, 2.24) is 10.2 Å². The number of nitrogens with zero attached hydrogens (tertiary/aromatic N) is 1. The highest BCUT2D eigenvalue weighted by molar-refractivity contribution is 6.31. The summed E-state index contributed by atoms with van der Waals surface area (Å²) in [5, 5.41) is 3.30. The number of ether oxygens (including phenoxy) is 2. The van der Waals surface area contributed by atoms with Crippen molar-refractivity contribution in [2.45, 2.75) is 27.0 Å². The molecule has 0 saturated carbocycles. The molecule has 0 aromatic heterocycles. The zero-order valence-corrected chi connectivity index (χ0v) is 19.8. The van der Waals surface area contributed by atoms with Gasteiger partial charge in [0.25, 0.3) is 5.91 Å². The number of halogens is 1. The molecule has 1 saturated heterocycles. The second-order valence-electron chi connectivity index (χ2n) is 7.88. The number of rotatable bonds is 8. The molecule has 3 aromatic carbocycles. The molecule has 0 aliphatic carbocycles. The molecule has 1 aliphatic rings. The van der Waals surface area contributed by atoms with Crippen LogP contribution in [0.1, 0.15) is 29.2 Å². The lowest BCUT2D eigenvalue weighted by molar-refractivity contribution is -0.123. The number of carbonyl (C=O) groups excluding carboxylic acids is 2. The van der Waals surface area contributed by atoms with Crippen molar-refractivity contribution < 1.29 is 19.1 Å². The van der Waals surface area contributed by atoms with Gasteiger partial charge in [-0.05, 0) is 49.2 Å². The second-order valence-corrected chi connectivity index (χ2v) is 8.29. The van der Waals surface area contributed by atoms with E-state index in [0.717, 1.165) is 16.7 Å². The highest BCUT2D eigenvalue weighted by Gasteiger charge is 2.33. The van der Waals surface area contributed by atoms with Gasteiger partial charge in [0.1, 0.15) is 12.3 Å². The predicted octanol–water partition coefficient (Wildman–Crippen LogP) is 5.72. The fourth-order valence-electron chi connectivity index (χ4n) is 3.53. The Labute approximate surface area is 203 Å². The van der Waals surface area contributed by atoms with Crippen LogP contribution in [-0.2, 0) is 17.9 Å². The van der Waals surface area contributed by atoms with Crippen molar-refractivity contribution in [3.05, 3.63) is 99.7 Å². The summed E-state index contributed by atoms with van der Waals surface area (Å²) in [5.74, 6) is 0.728. The average molecular weight is 477 g/mol. The molecular formula is C27H25ClN2O4. The summed E-state index contributed by atoms with van der Waals surface area (Å²) in [6, 6.07) is 20.1. The molecule has 0 unspecified atom stereocenters. The Morgan fingerprint density at radius 3 is 2.47 bits per heavy atom. The molecule has 0 bridgehead atoms. The van der Waals surface area contributed by atoms with Crippen LogP contribution in [0.15, 0.2) is 72.4 Å². The fraction of sp³-hybridized carbons (Fsp3) is 0.185. The second kappa shape index (κ2) is 10.4. The lowest BCUT2D eigenvalue weighted by Gasteiger charge is -2.13. The van der Waals surface area contributed by atoms with Crippen molar-refractivity contribution in [2.24, 2.45) is 0 Å². The number of amides is 3. The lowest BCUT2D eigenvalue weighted by atomic mass is 10.1. The topological polar surface area (TPSA) is 67.9 Å². The van der Waals surface area contributed by atoms with Gasteiger partial charge in [-0.1, -0.05) is 65.7 Å². The van der Waals surface area contributed by atoms with E-state index in [0.29, 0.717) is 35.3 Å². The van der Waals surface area contributed by atoms with E-state index in [1.165, 1.54) is 4.90 Å². The van der Waals surface area contributed by atoms with Crippen LogP contribution in [0.4, 0.5) is 4.79 Å². The Morgan fingerprint density at radius 1 is 0.971 bits per heavy atom. The Bertz CT molecular complexity index is 1240. The normalized spacial score (nSPS) is 14.4. The molecule has 3 amide bonds. The molecule has 174 valence electrons. The first-order valence-electron chi connectivity index (χ1n) is 11.0. The third-order valence-electron chi connectivity index (χ3n) is 5.34. The molecule has 1 fully saturated rings. The van der Waals surface area contributed by atoms with Crippen LogP contribution in [0.5, 0.6) is 11.5 Å². The van der Waals surface area contributed by atoms with Gasteiger partial charge in [-0.3, -0.25) is 9.69 Å². The average Bonchev–Trinajstić information content (AvgIpc) is 3.08. The molecule has 6 nitrogen and oxygen atoms in total. The van der Waals surface area contributed by atoms with Gasteiger partial charge in [0.2, 0.25) is 0 Å². The van der Waals surface area contributed by atoms with Gasteiger partial charge in [0, 0.05) is 10.6 Å². The molecule has 1 heterocycles. The summed E-state index contributed by atoms with van der Waals surface area (Å²) in [5.41, 5.74) is 3.78. The predicted molar refractivity (Wildman–Crippen MR) is 132 cm³/mol. The zero-order chi connectivity index (χ0) is 24.1. The summed E-state index contributed by atoms with van der Waals surface area (Å²) in [4.78, 5) is 26.5. The van der Waals surface area contributed by atoms with Gasteiger partial charge in [-0.25, -0.2) is 4.79 Å². The van der Waals surface area contributed by atoms with Gasteiger partial charge in [-0.2, -0.15) is 0 Å². The van der Waals surface area contributed by atoms with Gasteiger partial charge in [0.05, 0.1) is 13.2 Å². The van der Waals surface area contributed by atoms with Crippen molar-refractivity contribution in [2.75, 3.05) is 6.61 Å². The summed E-state index contributed by atoms with van der Waals surface area (Å²) in [7, 11) is 0. The highest BCUT2D eigenvalue weighted by atomic mass is 35.5. The van der Waals surface area contributed by atoms with Gasteiger partial charge < -0.3 is 14.8 Å². The third kappa shape index (κ3) is 5.41. The third-order valence-corrected chi connectivity index (χ3v) is 5.71. The lowest BCUT2D eigenvalue weighted by Crippen LogP contribution is -2.30. The minimum atomic E-state index is -0.443. The summed E-state index contributed by atoms with van der Waals surface area (Å²) >= 11 is 6.22. The number of hydrogen-bond donors (Lipinski definition) is 1. The van der Waals surface area contributed by atoms with Gasteiger partial charge in [0.15, 0.2) is 11.5 Å². The summed E-state index contributed by atoms with van der Waals surface area (Å²) in [6.07, 6.45) is 1.63. The van der Waals surface area contributed by atoms with Gasteiger partial charge >= 0.3 is 6.03 Å². The monoisotopic (exact) mass is 476 g/mol. The van der Waals surface area contributed by atoms with Crippen LogP contribution in [-0.4, -0.2) is 23.4 Å². The molecule has 0 radical (unpaired) electrons. The smallest absolute Gasteiger partial charge is 0.329 e. The quantitative estimate of drug-likeness (QED) is 0.333. The van der Waals surface area contributed by atoms with Crippen LogP contribution < -0.4 is 14.8 Å². The van der Waals surface area contributed by atoms with E-state index in [1.54, 1.807) is 24.3 Å². The minimum absolute atomic E-state index is 0.210. The van der Waals surface area contributed by atoms with Crippen LogP contribution in [0.3, 0.4) is 0 Å². The molecule has 3 aromatic rings. The molecule has 1 aliphatic heterocycles. The number of urea groups is 1. The van der Waals surface area contributed by atoms with Crippen molar-refractivity contribution in [1.29, 1.82) is 0 Å². The van der Waals surface area contributed by atoms with Crippen LogP contribution in [0.2, 0.25) is 5.02 Å². The van der Waals surface area contributed by atoms with E-state index in [4.69, 9.17) is 21.1 Å². The molecular weight excluding hydrogens is 452 g/mol. The van der Waals surface area contributed by atoms with E-state index in [1.807, 2.05) is 62.4 Å². The first kappa shape index (κ1) is 23.4. The number of benzene rings is 3. The Kier molecular flexibility index (Phi) is 7.18. The van der Waals surface area contributed by atoms with Crippen LogP contribution in [0, 0.1) is 6.92 Å². The number of carbonyl (C=O) groups is 2. The SMILES string of the molecule is CCOc1cc(/C=C2/NC(=O)N(Cc3ccc(C)cc3)C2=O)ccc1OCc1ccccc1Cl. The van der Waals surface area contributed by atoms with E-state index in [-0.39, 0.29) is 18.1 Å². The maximum absolute atomic E-state index is 12.9. The maximum atomic E-state index is 12.9.